The van der Waals surface area contributed by atoms with E-state index < -0.39 is 0 Å². The summed E-state index contributed by atoms with van der Waals surface area (Å²) < 4.78 is 0. The number of benzene rings is 2. The van der Waals surface area contributed by atoms with Crippen LogP contribution in [0.15, 0.2) is 48.5 Å². The largest absolute Gasteiger partial charge is 0.507 e. The first-order valence-corrected chi connectivity index (χ1v) is 11.4. The molecule has 30 heavy (non-hydrogen) atoms. The normalized spacial score (nSPS) is 22.8. The number of piperidine rings is 1. The number of hydrogen-bond donors (Lipinski definition) is 3. The summed E-state index contributed by atoms with van der Waals surface area (Å²) in [4.78, 5) is 18.1. The van der Waals surface area contributed by atoms with Gasteiger partial charge in [0.1, 0.15) is 18.8 Å². The van der Waals surface area contributed by atoms with Gasteiger partial charge < -0.3 is 19.8 Å². The number of aromatic hydroxyl groups is 1. The zero-order valence-electron chi connectivity index (χ0n) is 17.4. The van der Waals surface area contributed by atoms with E-state index in [0.717, 1.165) is 70.8 Å². The summed E-state index contributed by atoms with van der Waals surface area (Å²) in [5, 5.41) is 10.7. The highest BCUT2D eigenvalue weighted by Crippen LogP contribution is 2.21. The van der Waals surface area contributed by atoms with Crippen LogP contribution in [0.3, 0.4) is 0 Å². The lowest BCUT2D eigenvalue weighted by molar-refractivity contribution is -0.919. The third kappa shape index (κ3) is 5.34. The van der Waals surface area contributed by atoms with Gasteiger partial charge in [-0.15, -0.1) is 0 Å². The van der Waals surface area contributed by atoms with Crippen molar-refractivity contribution in [2.45, 2.75) is 25.9 Å². The smallest absolute Gasteiger partial charge is 0.226 e. The van der Waals surface area contributed by atoms with E-state index in [0.29, 0.717) is 16.7 Å². The van der Waals surface area contributed by atoms with Crippen molar-refractivity contribution in [1.29, 1.82) is 0 Å². The van der Waals surface area contributed by atoms with Crippen LogP contribution in [0.1, 0.15) is 24.0 Å². The summed E-state index contributed by atoms with van der Waals surface area (Å²) in [5.74, 6) is 0.803. The van der Waals surface area contributed by atoms with E-state index >= 15 is 0 Å². The number of piperazine rings is 1. The monoisotopic (exact) mass is 429 g/mol. The number of halogens is 1. The van der Waals surface area contributed by atoms with Gasteiger partial charge in [0.2, 0.25) is 5.91 Å². The Morgan fingerprint density at radius 1 is 0.967 bits per heavy atom. The zero-order valence-corrected chi connectivity index (χ0v) is 18.2. The molecule has 2 fully saturated rings. The minimum absolute atomic E-state index is 0.150. The Labute approximate surface area is 183 Å². The van der Waals surface area contributed by atoms with Gasteiger partial charge in [-0.3, -0.25) is 4.79 Å². The van der Waals surface area contributed by atoms with Crippen LogP contribution in [0, 0.1) is 5.92 Å². The van der Waals surface area contributed by atoms with Gasteiger partial charge in [-0.1, -0.05) is 41.9 Å². The minimum Gasteiger partial charge on any atom is -0.507 e. The number of phenols is 1. The summed E-state index contributed by atoms with van der Waals surface area (Å²) >= 11 is 6.07. The highest BCUT2D eigenvalue weighted by molar-refractivity contribution is 6.30. The topological polar surface area (TPSA) is 49.4 Å². The van der Waals surface area contributed by atoms with Crippen LogP contribution >= 0.6 is 11.6 Å². The molecule has 5 nitrogen and oxygen atoms in total. The summed E-state index contributed by atoms with van der Waals surface area (Å²) in [6, 6.07) is 15.8. The molecule has 2 aromatic carbocycles. The Bertz CT molecular complexity index is 845. The van der Waals surface area contributed by atoms with Crippen LogP contribution in [0.4, 0.5) is 0 Å². The van der Waals surface area contributed by atoms with E-state index in [1.54, 1.807) is 17.0 Å². The van der Waals surface area contributed by atoms with Gasteiger partial charge in [0, 0.05) is 34.9 Å². The van der Waals surface area contributed by atoms with Crippen molar-refractivity contribution < 1.29 is 19.7 Å². The van der Waals surface area contributed by atoms with Gasteiger partial charge in [0.15, 0.2) is 0 Å². The molecule has 2 heterocycles. The molecule has 6 heteroatoms. The maximum Gasteiger partial charge on any atom is 0.226 e. The van der Waals surface area contributed by atoms with Crippen LogP contribution in [0.2, 0.25) is 5.02 Å². The lowest BCUT2D eigenvalue weighted by Crippen LogP contribution is -3.13. The van der Waals surface area contributed by atoms with Gasteiger partial charge in [-0.25, -0.2) is 0 Å². The van der Waals surface area contributed by atoms with Crippen LogP contribution < -0.4 is 9.80 Å². The van der Waals surface area contributed by atoms with Gasteiger partial charge in [0.05, 0.1) is 39.3 Å². The standard InChI is InChI=1S/C24H30ClN3O2/c25-22-6-7-23(29)21(16-22)18-26-10-8-20(9-11-26)24(30)28-14-12-27(13-15-28)17-19-4-2-1-3-5-19/h1-7,16,20,29H,8-15,17-18H2/p+2. The van der Waals surface area contributed by atoms with Gasteiger partial charge in [0.25, 0.3) is 0 Å². The van der Waals surface area contributed by atoms with E-state index in [2.05, 4.69) is 35.2 Å². The van der Waals surface area contributed by atoms with E-state index in [1.807, 2.05) is 6.07 Å². The van der Waals surface area contributed by atoms with Gasteiger partial charge in [-0.05, 0) is 18.2 Å². The van der Waals surface area contributed by atoms with Gasteiger partial charge in [-0.2, -0.15) is 0 Å². The van der Waals surface area contributed by atoms with Crippen molar-refractivity contribution in [3.8, 4) is 5.75 Å². The third-order valence-corrected chi connectivity index (χ3v) is 6.84. The molecule has 0 radical (unpaired) electrons. The first-order valence-electron chi connectivity index (χ1n) is 11.1. The third-order valence-electron chi connectivity index (χ3n) is 6.60. The maximum atomic E-state index is 13.0. The van der Waals surface area contributed by atoms with Crippen molar-refractivity contribution >= 4 is 17.5 Å². The molecule has 0 bridgehead atoms. The number of likely N-dealkylation sites (tertiary alicyclic amines) is 1. The fourth-order valence-electron chi connectivity index (χ4n) is 4.78. The van der Waals surface area contributed by atoms with Crippen LogP contribution in [-0.2, 0) is 17.9 Å². The summed E-state index contributed by atoms with van der Waals surface area (Å²) in [6.45, 7) is 7.51. The lowest BCUT2D eigenvalue weighted by Gasteiger charge is -2.36. The number of carbonyl (C=O) groups excluding carboxylic acids is 1. The number of quaternary nitrogens is 2. The zero-order chi connectivity index (χ0) is 20.9. The first kappa shape index (κ1) is 21.2. The fraction of sp³-hybridized carbons (Fsp3) is 0.458. The highest BCUT2D eigenvalue weighted by Gasteiger charge is 2.33. The molecule has 0 aromatic heterocycles. The van der Waals surface area contributed by atoms with Crippen molar-refractivity contribution in [3.05, 3.63) is 64.7 Å². The molecule has 0 aliphatic carbocycles. The van der Waals surface area contributed by atoms with E-state index in [4.69, 9.17) is 11.6 Å². The van der Waals surface area contributed by atoms with Crippen molar-refractivity contribution in [2.75, 3.05) is 39.3 Å². The Balaban J connectivity index is 1.22. The quantitative estimate of drug-likeness (QED) is 0.657. The van der Waals surface area contributed by atoms with Gasteiger partial charge >= 0.3 is 0 Å². The second-order valence-corrected chi connectivity index (χ2v) is 9.15. The summed E-state index contributed by atoms with van der Waals surface area (Å²) in [7, 11) is 0. The molecule has 0 unspecified atom stereocenters. The Hall–Kier alpha value is -2.08. The molecular weight excluding hydrogens is 398 g/mol. The van der Waals surface area contributed by atoms with E-state index in [-0.39, 0.29) is 5.92 Å². The number of rotatable bonds is 5. The molecule has 4 rings (SSSR count). The first-order chi connectivity index (χ1) is 14.6. The molecule has 2 aliphatic heterocycles. The summed E-state index contributed by atoms with van der Waals surface area (Å²) in [5.41, 5.74) is 2.26. The molecule has 2 saturated heterocycles. The number of nitrogens with zero attached hydrogens (tertiary/aromatic N) is 1. The SMILES string of the molecule is O=C(C1CC[NH+](Cc2cc(Cl)ccc2O)CC1)N1CC[NH+](Cc2ccccc2)CC1. The molecule has 2 aromatic rings. The number of amides is 1. The predicted molar refractivity (Wildman–Crippen MR) is 118 cm³/mol. The molecule has 0 atom stereocenters. The average molecular weight is 430 g/mol. The molecule has 0 spiro atoms. The molecule has 160 valence electrons. The second-order valence-electron chi connectivity index (χ2n) is 8.71. The molecule has 1 amide bonds. The molecular formula is C24H32ClN3O2+2. The lowest BCUT2D eigenvalue weighted by atomic mass is 9.94. The second kappa shape index (κ2) is 9.82. The number of nitrogens with one attached hydrogen (secondary N) is 2. The van der Waals surface area contributed by atoms with E-state index in [1.165, 1.54) is 10.5 Å². The molecule has 2 aliphatic rings. The van der Waals surface area contributed by atoms with Crippen molar-refractivity contribution in [2.24, 2.45) is 5.92 Å². The van der Waals surface area contributed by atoms with Crippen LogP contribution in [-0.4, -0.2) is 55.2 Å². The van der Waals surface area contributed by atoms with Crippen molar-refractivity contribution in [3.63, 3.8) is 0 Å². The summed E-state index contributed by atoms with van der Waals surface area (Å²) in [6.07, 6.45) is 1.85. The van der Waals surface area contributed by atoms with E-state index in [9.17, 15) is 9.90 Å². The molecule has 3 N–H and O–H groups in total. The number of hydrogen-bond acceptors (Lipinski definition) is 2. The number of phenolic OH excluding ortho intramolecular Hbond substituents is 1. The highest BCUT2D eigenvalue weighted by atomic mass is 35.5. The Kier molecular flexibility index (Phi) is 6.93. The molecule has 0 saturated carbocycles. The Morgan fingerprint density at radius 3 is 2.33 bits per heavy atom. The minimum atomic E-state index is 0.150. The Morgan fingerprint density at radius 2 is 1.63 bits per heavy atom. The average Bonchev–Trinajstić information content (AvgIpc) is 2.78. The fourth-order valence-corrected chi connectivity index (χ4v) is 4.97. The number of carbonyl (C=O) groups is 1. The van der Waals surface area contributed by atoms with Crippen molar-refractivity contribution in [1.82, 2.24) is 4.90 Å². The van der Waals surface area contributed by atoms with Crippen LogP contribution in [0.25, 0.3) is 0 Å². The maximum absolute atomic E-state index is 13.0. The predicted octanol–water partition coefficient (Wildman–Crippen LogP) is 0.768. The van der Waals surface area contributed by atoms with Crippen LogP contribution in [0.5, 0.6) is 5.75 Å².